The quantitative estimate of drug-likeness (QED) is 0.751. The first-order valence-corrected chi connectivity index (χ1v) is 7.38. The molecule has 1 heterocycles. The van der Waals surface area contributed by atoms with Crippen LogP contribution in [0, 0.1) is 0 Å². The fourth-order valence-corrected chi connectivity index (χ4v) is 2.35. The van der Waals surface area contributed by atoms with Gasteiger partial charge in [-0.1, -0.05) is 16.8 Å². The van der Waals surface area contributed by atoms with Gasteiger partial charge in [0.05, 0.1) is 5.75 Å². The van der Waals surface area contributed by atoms with Crippen LogP contribution in [0.25, 0.3) is 0 Å². The zero-order chi connectivity index (χ0) is 13.7. The summed E-state index contributed by atoms with van der Waals surface area (Å²) in [5.41, 5.74) is 0. The second-order valence-corrected chi connectivity index (χ2v) is 5.37. The lowest BCUT2D eigenvalue weighted by Crippen LogP contribution is -2.01. The van der Waals surface area contributed by atoms with E-state index in [-0.39, 0.29) is 6.10 Å². The molecule has 0 fully saturated rings. The Labute approximate surface area is 121 Å². The second-order valence-electron chi connectivity index (χ2n) is 3.89. The molecule has 1 atom stereocenters. The first-order valence-electron chi connectivity index (χ1n) is 6.01. The van der Waals surface area contributed by atoms with Gasteiger partial charge in [-0.05, 0) is 38.1 Å². The normalized spacial score (nSPS) is 12.6. The molecule has 0 aliphatic carbocycles. The van der Waals surface area contributed by atoms with E-state index in [1.54, 1.807) is 11.8 Å². The molecule has 0 amide bonds. The monoisotopic (exact) mass is 298 g/mol. The van der Waals surface area contributed by atoms with Crippen LogP contribution >= 0.6 is 23.4 Å². The van der Waals surface area contributed by atoms with Crippen molar-refractivity contribution < 1.29 is 9.26 Å². The molecule has 1 aromatic carbocycles. The van der Waals surface area contributed by atoms with E-state index in [9.17, 15) is 0 Å². The maximum atomic E-state index is 5.83. The summed E-state index contributed by atoms with van der Waals surface area (Å²) in [5.74, 6) is 1.82. The largest absolute Gasteiger partial charge is 0.371 e. The van der Waals surface area contributed by atoms with Gasteiger partial charge in [-0.15, -0.1) is 11.8 Å². The number of ether oxygens (including phenoxy) is 1. The molecule has 0 aliphatic rings. The Kier molecular flexibility index (Phi) is 5.24. The molecule has 0 N–H and O–H groups in total. The number of nitrogens with zero attached hydrogens (tertiary/aromatic N) is 2. The van der Waals surface area contributed by atoms with E-state index in [1.807, 2.05) is 38.1 Å². The highest BCUT2D eigenvalue weighted by Gasteiger charge is 2.13. The van der Waals surface area contributed by atoms with Crippen molar-refractivity contribution in [2.45, 2.75) is 30.6 Å². The van der Waals surface area contributed by atoms with E-state index in [2.05, 4.69) is 10.1 Å². The highest BCUT2D eigenvalue weighted by atomic mass is 35.5. The first kappa shape index (κ1) is 14.4. The molecule has 6 heteroatoms. The smallest absolute Gasteiger partial charge is 0.237 e. The molecule has 0 radical (unpaired) electrons. The third-order valence-corrected chi connectivity index (χ3v) is 3.69. The number of hydrogen-bond donors (Lipinski definition) is 0. The Morgan fingerprint density at radius 1 is 1.37 bits per heavy atom. The fourth-order valence-electron chi connectivity index (χ4n) is 1.49. The average molecular weight is 299 g/mol. The summed E-state index contributed by atoms with van der Waals surface area (Å²) < 4.78 is 10.6. The second kappa shape index (κ2) is 6.93. The third-order valence-electron chi connectivity index (χ3n) is 2.44. The summed E-state index contributed by atoms with van der Waals surface area (Å²) >= 11 is 7.46. The van der Waals surface area contributed by atoms with E-state index in [4.69, 9.17) is 20.9 Å². The van der Waals surface area contributed by atoms with Gasteiger partial charge >= 0.3 is 0 Å². The standard InChI is InChI=1S/C13H15ClN2O2S/c1-3-17-9(2)13-15-12(18-16-13)8-19-11-6-4-10(14)5-7-11/h4-7,9H,3,8H2,1-2H3. The van der Waals surface area contributed by atoms with E-state index >= 15 is 0 Å². The van der Waals surface area contributed by atoms with Gasteiger partial charge in [0.15, 0.2) is 5.82 Å². The maximum Gasteiger partial charge on any atom is 0.237 e. The van der Waals surface area contributed by atoms with Crippen molar-refractivity contribution in [2.75, 3.05) is 6.61 Å². The highest BCUT2D eigenvalue weighted by molar-refractivity contribution is 7.98. The predicted octanol–water partition coefficient (Wildman–Crippen LogP) is 4.11. The van der Waals surface area contributed by atoms with Crippen molar-refractivity contribution in [3.63, 3.8) is 0 Å². The van der Waals surface area contributed by atoms with Gasteiger partial charge in [-0.2, -0.15) is 4.98 Å². The summed E-state index contributed by atoms with van der Waals surface area (Å²) in [5, 5.41) is 4.65. The minimum Gasteiger partial charge on any atom is -0.371 e. The topological polar surface area (TPSA) is 48.2 Å². The number of aromatic nitrogens is 2. The molecule has 2 aromatic rings. The van der Waals surface area contributed by atoms with Crippen molar-refractivity contribution in [3.8, 4) is 0 Å². The van der Waals surface area contributed by atoms with Gasteiger partial charge in [-0.3, -0.25) is 0 Å². The summed E-state index contributed by atoms with van der Waals surface area (Å²) in [6.07, 6.45) is -0.136. The van der Waals surface area contributed by atoms with Crippen LogP contribution < -0.4 is 0 Å². The van der Waals surface area contributed by atoms with Crippen molar-refractivity contribution in [3.05, 3.63) is 41.0 Å². The van der Waals surface area contributed by atoms with Crippen molar-refractivity contribution in [1.82, 2.24) is 10.1 Å². The van der Waals surface area contributed by atoms with E-state index < -0.39 is 0 Å². The molecule has 2 rings (SSSR count). The Morgan fingerprint density at radius 3 is 2.79 bits per heavy atom. The Bertz CT molecular complexity index is 516. The van der Waals surface area contributed by atoms with Crippen LogP contribution in [-0.2, 0) is 10.5 Å². The third kappa shape index (κ3) is 4.23. The van der Waals surface area contributed by atoms with E-state index in [0.29, 0.717) is 24.1 Å². The van der Waals surface area contributed by atoms with Crippen LogP contribution in [0.1, 0.15) is 31.7 Å². The average Bonchev–Trinajstić information content (AvgIpc) is 2.87. The molecule has 1 unspecified atom stereocenters. The fraction of sp³-hybridized carbons (Fsp3) is 0.385. The highest BCUT2D eigenvalue weighted by Crippen LogP contribution is 2.24. The maximum absolute atomic E-state index is 5.83. The number of thioether (sulfide) groups is 1. The van der Waals surface area contributed by atoms with Crippen LogP contribution in [0.15, 0.2) is 33.7 Å². The minimum absolute atomic E-state index is 0.136. The van der Waals surface area contributed by atoms with Crippen LogP contribution in [0.5, 0.6) is 0 Å². The molecule has 0 saturated heterocycles. The van der Waals surface area contributed by atoms with Crippen molar-refractivity contribution >= 4 is 23.4 Å². The number of halogens is 1. The summed E-state index contributed by atoms with van der Waals surface area (Å²) in [4.78, 5) is 5.42. The van der Waals surface area contributed by atoms with Crippen molar-refractivity contribution in [2.24, 2.45) is 0 Å². The summed E-state index contributed by atoms with van der Waals surface area (Å²) in [7, 11) is 0. The van der Waals surface area contributed by atoms with Gasteiger partial charge in [0.1, 0.15) is 6.10 Å². The lowest BCUT2D eigenvalue weighted by atomic mass is 10.4. The van der Waals surface area contributed by atoms with Crippen molar-refractivity contribution in [1.29, 1.82) is 0 Å². The summed E-state index contributed by atoms with van der Waals surface area (Å²) in [6, 6.07) is 7.65. The predicted molar refractivity (Wildman–Crippen MR) is 75.4 cm³/mol. The molecule has 1 aromatic heterocycles. The number of hydrogen-bond acceptors (Lipinski definition) is 5. The molecular formula is C13H15ClN2O2S. The Morgan fingerprint density at radius 2 is 2.11 bits per heavy atom. The molecule has 0 saturated carbocycles. The molecule has 19 heavy (non-hydrogen) atoms. The molecule has 0 bridgehead atoms. The lowest BCUT2D eigenvalue weighted by molar-refractivity contribution is 0.0683. The van der Waals surface area contributed by atoms with Crippen LogP contribution in [0.3, 0.4) is 0 Å². The number of rotatable bonds is 6. The van der Waals surface area contributed by atoms with E-state index in [0.717, 1.165) is 9.92 Å². The molecule has 0 spiro atoms. The molecular weight excluding hydrogens is 284 g/mol. The zero-order valence-electron chi connectivity index (χ0n) is 10.8. The van der Waals surface area contributed by atoms with Gasteiger partial charge in [0.2, 0.25) is 5.89 Å². The molecule has 102 valence electrons. The van der Waals surface area contributed by atoms with Crippen LogP contribution in [0.4, 0.5) is 0 Å². The number of benzene rings is 1. The Hall–Kier alpha value is -1.04. The first-order chi connectivity index (χ1) is 9.19. The van der Waals surface area contributed by atoms with Gasteiger partial charge in [0.25, 0.3) is 0 Å². The van der Waals surface area contributed by atoms with Crippen LogP contribution in [0.2, 0.25) is 5.02 Å². The van der Waals surface area contributed by atoms with Gasteiger partial charge in [0, 0.05) is 16.5 Å². The van der Waals surface area contributed by atoms with Gasteiger partial charge in [-0.25, -0.2) is 0 Å². The summed E-state index contributed by atoms with van der Waals surface area (Å²) in [6.45, 7) is 4.48. The molecule has 4 nitrogen and oxygen atoms in total. The minimum atomic E-state index is -0.136. The zero-order valence-corrected chi connectivity index (χ0v) is 12.4. The van der Waals surface area contributed by atoms with E-state index in [1.165, 1.54) is 0 Å². The van der Waals surface area contributed by atoms with Crippen LogP contribution in [-0.4, -0.2) is 16.7 Å². The SMILES string of the molecule is CCOC(C)c1noc(CSc2ccc(Cl)cc2)n1. The Balaban J connectivity index is 1.91. The molecule has 0 aliphatic heterocycles. The van der Waals surface area contributed by atoms with Gasteiger partial charge < -0.3 is 9.26 Å². The lowest BCUT2D eigenvalue weighted by Gasteiger charge is -2.04.